The van der Waals surface area contributed by atoms with Crippen LogP contribution in [0.15, 0.2) is 72.0 Å². The lowest BCUT2D eigenvalue weighted by Gasteiger charge is -2.12. The SMILES string of the molecule is Cc1cccc(C)c1NC(=O)CSc1nnc(-c2ccccn2)n1-c1ccc(Cl)cc1. The van der Waals surface area contributed by atoms with Gasteiger partial charge in [-0.2, -0.15) is 0 Å². The molecule has 6 nitrogen and oxygen atoms in total. The fourth-order valence-corrected chi connectivity index (χ4v) is 4.04. The van der Waals surface area contributed by atoms with Crippen LogP contribution in [0.4, 0.5) is 5.69 Å². The van der Waals surface area contributed by atoms with E-state index in [1.807, 2.05) is 66.9 Å². The number of hydrogen-bond acceptors (Lipinski definition) is 5. The van der Waals surface area contributed by atoms with E-state index in [1.165, 1.54) is 11.8 Å². The van der Waals surface area contributed by atoms with E-state index in [-0.39, 0.29) is 11.7 Å². The molecule has 0 unspecified atom stereocenters. The van der Waals surface area contributed by atoms with E-state index in [9.17, 15) is 4.79 Å². The summed E-state index contributed by atoms with van der Waals surface area (Å²) in [6.07, 6.45) is 1.71. The Morgan fingerprint density at radius 3 is 2.42 bits per heavy atom. The Morgan fingerprint density at radius 1 is 1.00 bits per heavy atom. The molecular weight excluding hydrogens is 430 g/mol. The summed E-state index contributed by atoms with van der Waals surface area (Å²) in [5.74, 6) is 0.690. The number of thioether (sulfide) groups is 1. The first kappa shape index (κ1) is 21.1. The van der Waals surface area contributed by atoms with Gasteiger partial charge in [-0.15, -0.1) is 10.2 Å². The summed E-state index contributed by atoms with van der Waals surface area (Å²) in [4.78, 5) is 17.0. The number of aryl methyl sites for hydroxylation is 2. The number of carbonyl (C=O) groups is 1. The molecule has 0 atom stereocenters. The lowest BCUT2D eigenvalue weighted by Crippen LogP contribution is -2.16. The van der Waals surface area contributed by atoms with E-state index in [0.29, 0.717) is 21.7 Å². The zero-order valence-electron chi connectivity index (χ0n) is 17.0. The van der Waals surface area contributed by atoms with Gasteiger partial charge in [0.15, 0.2) is 11.0 Å². The summed E-state index contributed by atoms with van der Waals surface area (Å²) in [5, 5.41) is 12.9. The number of nitrogens with one attached hydrogen (secondary N) is 1. The van der Waals surface area contributed by atoms with Crippen LogP contribution in [0.2, 0.25) is 5.02 Å². The van der Waals surface area contributed by atoms with Gasteiger partial charge in [-0.1, -0.05) is 47.6 Å². The van der Waals surface area contributed by atoms with Gasteiger partial charge in [0.2, 0.25) is 5.91 Å². The number of benzene rings is 2. The van der Waals surface area contributed by atoms with E-state index in [1.54, 1.807) is 18.3 Å². The zero-order valence-corrected chi connectivity index (χ0v) is 18.6. The number of rotatable bonds is 6. The van der Waals surface area contributed by atoms with Crippen molar-refractivity contribution in [2.24, 2.45) is 0 Å². The largest absolute Gasteiger partial charge is 0.325 e. The molecule has 0 fully saturated rings. The summed E-state index contributed by atoms with van der Waals surface area (Å²) in [5.41, 5.74) is 4.44. The number of nitrogens with zero attached hydrogens (tertiary/aromatic N) is 4. The summed E-state index contributed by atoms with van der Waals surface area (Å²) >= 11 is 7.38. The topological polar surface area (TPSA) is 72.7 Å². The molecule has 0 saturated heterocycles. The molecule has 2 aromatic heterocycles. The number of halogens is 1. The Balaban J connectivity index is 1.60. The molecule has 0 saturated carbocycles. The van der Waals surface area contributed by atoms with E-state index in [0.717, 1.165) is 22.5 Å². The molecule has 0 spiro atoms. The van der Waals surface area contributed by atoms with Crippen LogP contribution in [0.5, 0.6) is 0 Å². The van der Waals surface area contributed by atoms with Crippen LogP contribution in [0, 0.1) is 13.8 Å². The number of para-hydroxylation sites is 1. The van der Waals surface area contributed by atoms with Gasteiger partial charge in [-0.05, 0) is 61.4 Å². The maximum Gasteiger partial charge on any atom is 0.234 e. The molecule has 4 rings (SSSR count). The maximum absolute atomic E-state index is 12.6. The zero-order chi connectivity index (χ0) is 21.8. The first-order chi connectivity index (χ1) is 15.0. The highest BCUT2D eigenvalue weighted by atomic mass is 35.5. The second-order valence-corrected chi connectivity index (χ2v) is 8.32. The number of pyridine rings is 1. The van der Waals surface area contributed by atoms with Crippen molar-refractivity contribution < 1.29 is 4.79 Å². The van der Waals surface area contributed by atoms with Gasteiger partial charge in [-0.25, -0.2) is 0 Å². The Labute approximate surface area is 189 Å². The molecule has 2 aromatic carbocycles. The predicted octanol–water partition coefficient (Wildman–Crippen LogP) is 5.33. The Morgan fingerprint density at radius 2 is 1.74 bits per heavy atom. The van der Waals surface area contributed by atoms with E-state index < -0.39 is 0 Å². The average molecular weight is 450 g/mol. The van der Waals surface area contributed by atoms with Gasteiger partial charge in [-0.3, -0.25) is 14.3 Å². The number of anilines is 1. The Bertz CT molecular complexity index is 1190. The normalized spacial score (nSPS) is 10.8. The van der Waals surface area contributed by atoms with Crippen LogP contribution in [0.3, 0.4) is 0 Å². The molecule has 1 amide bonds. The number of carbonyl (C=O) groups excluding carboxylic acids is 1. The molecule has 4 aromatic rings. The number of hydrogen-bond donors (Lipinski definition) is 1. The van der Waals surface area contributed by atoms with Crippen molar-refractivity contribution in [1.29, 1.82) is 0 Å². The van der Waals surface area contributed by atoms with Crippen molar-refractivity contribution in [3.63, 3.8) is 0 Å². The monoisotopic (exact) mass is 449 g/mol. The molecule has 0 radical (unpaired) electrons. The third kappa shape index (κ3) is 4.78. The lowest BCUT2D eigenvalue weighted by atomic mass is 10.1. The fourth-order valence-electron chi connectivity index (χ4n) is 3.16. The minimum absolute atomic E-state index is 0.104. The van der Waals surface area contributed by atoms with Crippen molar-refractivity contribution in [2.75, 3.05) is 11.1 Å². The predicted molar refractivity (Wildman–Crippen MR) is 125 cm³/mol. The van der Waals surface area contributed by atoms with E-state index >= 15 is 0 Å². The molecular formula is C23H20ClN5OS. The molecule has 0 bridgehead atoms. The quantitative estimate of drug-likeness (QED) is 0.403. The summed E-state index contributed by atoms with van der Waals surface area (Å²) in [6.45, 7) is 3.96. The summed E-state index contributed by atoms with van der Waals surface area (Å²) in [6, 6.07) is 18.9. The molecule has 0 aliphatic heterocycles. The van der Waals surface area contributed by atoms with Gasteiger partial charge in [0.05, 0.1) is 5.75 Å². The highest BCUT2D eigenvalue weighted by molar-refractivity contribution is 7.99. The highest BCUT2D eigenvalue weighted by Crippen LogP contribution is 2.28. The first-order valence-electron chi connectivity index (χ1n) is 9.64. The van der Waals surface area contributed by atoms with Crippen molar-refractivity contribution >= 4 is 35.0 Å². The van der Waals surface area contributed by atoms with Crippen molar-refractivity contribution in [2.45, 2.75) is 19.0 Å². The molecule has 0 aliphatic rings. The van der Waals surface area contributed by atoms with Crippen molar-refractivity contribution in [3.05, 3.63) is 83.0 Å². The molecule has 156 valence electrons. The minimum Gasteiger partial charge on any atom is -0.325 e. The van der Waals surface area contributed by atoms with Crippen molar-refractivity contribution in [3.8, 4) is 17.2 Å². The van der Waals surface area contributed by atoms with E-state index in [4.69, 9.17) is 11.6 Å². The van der Waals surface area contributed by atoms with Gasteiger partial charge < -0.3 is 5.32 Å². The molecule has 2 heterocycles. The van der Waals surface area contributed by atoms with Crippen LogP contribution in [-0.4, -0.2) is 31.4 Å². The molecule has 8 heteroatoms. The standard InChI is InChI=1S/C23H20ClN5OS/c1-15-6-5-7-16(2)21(15)26-20(30)14-31-23-28-27-22(19-8-3-4-13-25-19)29(23)18-11-9-17(24)10-12-18/h3-13H,14H2,1-2H3,(H,26,30). The third-order valence-electron chi connectivity index (χ3n) is 4.69. The first-order valence-corrected chi connectivity index (χ1v) is 11.0. The van der Waals surface area contributed by atoms with Crippen LogP contribution in [0.1, 0.15) is 11.1 Å². The lowest BCUT2D eigenvalue weighted by molar-refractivity contribution is -0.113. The van der Waals surface area contributed by atoms with Crippen molar-refractivity contribution in [1.82, 2.24) is 19.7 Å². The number of aromatic nitrogens is 4. The maximum atomic E-state index is 12.6. The average Bonchev–Trinajstić information content (AvgIpc) is 3.20. The molecule has 1 N–H and O–H groups in total. The Kier molecular flexibility index (Phi) is 6.34. The fraction of sp³-hybridized carbons (Fsp3) is 0.130. The van der Waals surface area contributed by atoms with Crippen LogP contribution >= 0.6 is 23.4 Å². The Hall–Kier alpha value is -3.16. The smallest absolute Gasteiger partial charge is 0.234 e. The minimum atomic E-state index is -0.104. The number of amides is 1. The highest BCUT2D eigenvalue weighted by Gasteiger charge is 2.18. The van der Waals surface area contributed by atoms with Gasteiger partial charge in [0, 0.05) is 22.6 Å². The summed E-state index contributed by atoms with van der Waals surface area (Å²) < 4.78 is 1.88. The van der Waals surface area contributed by atoms with Gasteiger partial charge in [0.25, 0.3) is 0 Å². The molecule has 31 heavy (non-hydrogen) atoms. The third-order valence-corrected chi connectivity index (χ3v) is 5.87. The summed E-state index contributed by atoms with van der Waals surface area (Å²) in [7, 11) is 0. The molecule has 0 aliphatic carbocycles. The van der Waals surface area contributed by atoms with Crippen LogP contribution in [0.25, 0.3) is 17.2 Å². The second kappa shape index (κ2) is 9.32. The second-order valence-electron chi connectivity index (χ2n) is 6.94. The van der Waals surface area contributed by atoms with Crippen LogP contribution < -0.4 is 5.32 Å². The van der Waals surface area contributed by atoms with Crippen LogP contribution in [-0.2, 0) is 4.79 Å². The van der Waals surface area contributed by atoms with Gasteiger partial charge >= 0.3 is 0 Å². The van der Waals surface area contributed by atoms with Gasteiger partial charge in [0.1, 0.15) is 5.69 Å². The van der Waals surface area contributed by atoms with E-state index in [2.05, 4.69) is 20.5 Å².